The standard InChI is InChI=1S/C27H32O2Si/c1-7-27(5,6)24-19-18-21(20-25(24)28)29-30(26(2,3)4,22-14-10-8-11-15-22)23-16-12-9-13-17-23/h7-20,28H,1H2,2-6H3. The van der Waals surface area contributed by atoms with Gasteiger partial charge in [0.05, 0.1) is 0 Å². The summed E-state index contributed by atoms with van der Waals surface area (Å²) in [4.78, 5) is 0. The zero-order valence-electron chi connectivity index (χ0n) is 18.6. The Labute approximate surface area is 182 Å². The van der Waals surface area contributed by atoms with Crippen LogP contribution in [-0.4, -0.2) is 13.4 Å². The van der Waals surface area contributed by atoms with Crippen LogP contribution < -0.4 is 14.8 Å². The Balaban J connectivity index is 2.20. The molecule has 0 heterocycles. The first kappa shape index (κ1) is 21.9. The van der Waals surface area contributed by atoms with E-state index in [1.165, 1.54) is 10.4 Å². The van der Waals surface area contributed by atoms with Gasteiger partial charge >= 0.3 is 8.32 Å². The van der Waals surface area contributed by atoms with E-state index in [4.69, 9.17) is 4.43 Å². The van der Waals surface area contributed by atoms with Crippen molar-refractivity contribution in [3.8, 4) is 11.5 Å². The summed E-state index contributed by atoms with van der Waals surface area (Å²) in [6.45, 7) is 14.7. The van der Waals surface area contributed by atoms with Crippen molar-refractivity contribution in [3.05, 3.63) is 97.1 Å². The number of allylic oxidation sites excluding steroid dienone is 1. The molecule has 0 aliphatic carbocycles. The molecule has 0 saturated heterocycles. The summed E-state index contributed by atoms with van der Waals surface area (Å²) in [7, 11) is -2.72. The third-order valence-electron chi connectivity index (χ3n) is 5.86. The molecule has 0 fully saturated rings. The van der Waals surface area contributed by atoms with E-state index in [0.717, 1.165) is 5.56 Å². The quantitative estimate of drug-likeness (QED) is 0.407. The molecule has 3 rings (SSSR count). The number of aromatic hydroxyl groups is 1. The van der Waals surface area contributed by atoms with Gasteiger partial charge in [0.1, 0.15) is 11.5 Å². The van der Waals surface area contributed by atoms with E-state index in [2.05, 4.69) is 75.9 Å². The van der Waals surface area contributed by atoms with Gasteiger partial charge < -0.3 is 9.53 Å². The summed E-state index contributed by atoms with van der Waals surface area (Å²) in [6, 6.07) is 26.7. The van der Waals surface area contributed by atoms with Crippen LogP contribution in [0.3, 0.4) is 0 Å². The molecule has 3 aromatic rings. The van der Waals surface area contributed by atoms with Crippen molar-refractivity contribution >= 4 is 18.7 Å². The van der Waals surface area contributed by atoms with E-state index in [-0.39, 0.29) is 16.2 Å². The maximum atomic E-state index is 10.8. The largest absolute Gasteiger partial charge is 0.534 e. The zero-order chi connectivity index (χ0) is 22.0. The lowest BCUT2D eigenvalue weighted by Gasteiger charge is -2.43. The van der Waals surface area contributed by atoms with Gasteiger partial charge in [-0.15, -0.1) is 6.58 Å². The fourth-order valence-corrected chi connectivity index (χ4v) is 8.47. The summed E-state index contributed by atoms with van der Waals surface area (Å²) in [5.41, 5.74) is 0.521. The van der Waals surface area contributed by atoms with Crippen molar-refractivity contribution in [1.29, 1.82) is 0 Å². The summed E-state index contributed by atoms with van der Waals surface area (Å²) in [6.07, 6.45) is 1.85. The second-order valence-corrected chi connectivity index (χ2v) is 13.6. The number of hydrogen-bond donors (Lipinski definition) is 1. The number of benzene rings is 3. The van der Waals surface area contributed by atoms with Gasteiger partial charge in [-0.25, -0.2) is 0 Å². The lowest BCUT2D eigenvalue weighted by atomic mass is 9.84. The molecule has 2 nitrogen and oxygen atoms in total. The Bertz CT molecular complexity index is 963. The Kier molecular flexibility index (Phi) is 5.96. The van der Waals surface area contributed by atoms with Crippen LogP contribution in [-0.2, 0) is 5.41 Å². The topological polar surface area (TPSA) is 29.5 Å². The van der Waals surface area contributed by atoms with Gasteiger partial charge in [-0.2, -0.15) is 0 Å². The third-order valence-corrected chi connectivity index (χ3v) is 10.8. The lowest BCUT2D eigenvalue weighted by molar-refractivity contribution is 0.447. The predicted octanol–water partition coefficient (Wildman–Crippen LogP) is 5.79. The monoisotopic (exact) mass is 416 g/mol. The van der Waals surface area contributed by atoms with Crippen molar-refractivity contribution < 1.29 is 9.53 Å². The number of phenols is 1. The summed E-state index contributed by atoms with van der Waals surface area (Å²) >= 11 is 0. The first-order chi connectivity index (χ1) is 14.1. The molecule has 0 aliphatic rings. The maximum Gasteiger partial charge on any atom is 0.319 e. The minimum atomic E-state index is -2.72. The Morgan fingerprint density at radius 2 is 1.30 bits per heavy atom. The van der Waals surface area contributed by atoms with E-state index in [9.17, 15) is 5.11 Å². The Morgan fingerprint density at radius 3 is 1.70 bits per heavy atom. The predicted molar refractivity (Wildman–Crippen MR) is 130 cm³/mol. The minimum Gasteiger partial charge on any atom is -0.534 e. The summed E-state index contributed by atoms with van der Waals surface area (Å²) in [5, 5.41) is 13.1. The van der Waals surface area contributed by atoms with Gasteiger partial charge in [0.25, 0.3) is 0 Å². The highest BCUT2D eigenvalue weighted by atomic mass is 28.4. The fourth-order valence-electron chi connectivity index (χ4n) is 4.06. The SMILES string of the molecule is C=CC(C)(C)c1ccc(O[Si](c2ccccc2)(c2ccccc2)C(C)(C)C)cc1O. The normalized spacial score (nSPS) is 12.4. The van der Waals surface area contributed by atoms with Crippen LogP contribution in [0.5, 0.6) is 11.5 Å². The van der Waals surface area contributed by atoms with E-state index in [1.54, 1.807) is 6.07 Å². The second kappa shape index (κ2) is 8.15. The van der Waals surface area contributed by atoms with Crippen LogP contribution in [0.15, 0.2) is 91.5 Å². The molecule has 30 heavy (non-hydrogen) atoms. The van der Waals surface area contributed by atoms with Gasteiger partial charge in [0, 0.05) is 17.0 Å². The molecule has 0 aromatic heterocycles. The average Bonchev–Trinajstić information content (AvgIpc) is 2.72. The van der Waals surface area contributed by atoms with Crippen molar-refractivity contribution in [2.45, 2.75) is 45.1 Å². The molecule has 0 unspecified atom stereocenters. The van der Waals surface area contributed by atoms with Crippen molar-refractivity contribution in [2.24, 2.45) is 0 Å². The molecule has 1 N–H and O–H groups in total. The maximum absolute atomic E-state index is 10.8. The number of phenolic OH excluding ortho intramolecular Hbond substituents is 1. The van der Waals surface area contributed by atoms with Crippen molar-refractivity contribution in [3.63, 3.8) is 0 Å². The molecule has 156 valence electrons. The van der Waals surface area contributed by atoms with Gasteiger partial charge in [0.2, 0.25) is 0 Å². The van der Waals surface area contributed by atoms with Crippen molar-refractivity contribution in [1.82, 2.24) is 0 Å². The molecule has 3 heteroatoms. The Morgan fingerprint density at radius 1 is 0.800 bits per heavy atom. The molecule has 0 aliphatic heterocycles. The van der Waals surface area contributed by atoms with E-state index in [1.807, 2.05) is 44.2 Å². The smallest absolute Gasteiger partial charge is 0.319 e. The highest BCUT2D eigenvalue weighted by molar-refractivity contribution is 7.00. The van der Waals surface area contributed by atoms with Crippen LogP contribution in [0.4, 0.5) is 0 Å². The summed E-state index contributed by atoms with van der Waals surface area (Å²) < 4.78 is 6.97. The first-order valence-electron chi connectivity index (χ1n) is 10.4. The van der Waals surface area contributed by atoms with E-state index < -0.39 is 8.32 Å². The molecule has 3 aromatic carbocycles. The molecule has 0 amide bonds. The highest BCUT2D eigenvalue weighted by Gasteiger charge is 2.52. The van der Waals surface area contributed by atoms with Gasteiger partial charge in [-0.05, 0) is 21.5 Å². The first-order valence-corrected chi connectivity index (χ1v) is 12.3. The minimum absolute atomic E-state index is 0.135. The second-order valence-electron chi connectivity index (χ2n) is 9.37. The number of hydrogen-bond acceptors (Lipinski definition) is 2. The zero-order valence-corrected chi connectivity index (χ0v) is 19.6. The van der Waals surface area contributed by atoms with Crippen molar-refractivity contribution in [2.75, 3.05) is 0 Å². The van der Waals surface area contributed by atoms with Crippen LogP contribution >= 0.6 is 0 Å². The van der Waals surface area contributed by atoms with Crippen LogP contribution in [0.2, 0.25) is 5.04 Å². The molecule has 0 radical (unpaired) electrons. The molecule has 0 spiro atoms. The fraction of sp³-hybridized carbons (Fsp3) is 0.259. The van der Waals surface area contributed by atoms with Gasteiger partial charge in [-0.3, -0.25) is 0 Å². The van der Waals surface area contributed by atoms with E-state index >= 15 is 0 Å². The summed E-state index contributed by atoms with van der Waals surface area (Å²) in [5.74, 6) is 0.917. The number of rotatable bonds is 6. The Hall–Kier alpha value is -2.78. The molecular formula is C27H32O2Si. The van der Waals surface area contributed by atoms with Gasteiger partial charge in [0.15, 0.2) is 0 Å². The molecule has 0 saturated carbocycles. The molecular weight excluding hydrogens is 384 g/mol. The van der Waals surface area contributed by atoms with Crippen LogP contribution in [0.25, 0.3) is 0 Å². The van der Waals surface area contributed by atoms with Crippen LogP contribution in [0.1, 0.15) is 40.2 Å². The lowest BCUT2D eigenvalue weighted by Crippen LogP contribution is -2.68. The molecule has 0 atom stereocenters. The van der Waals surface area contributed by atoms with E-state index in [0.29, 0.717) is 5.75 Å². The third kappa shape index (κ3) is 3.95. The molecule has 0 bridgehead atoms. The average molecular weight is 417 g/mol. The van der Waals surface area contributed by atoms with Gasteiger partial charge in [-0.1, -0.05) is 107 Å². The van der Waals surface area contributed by atoms with Crippen LogP contribution in [0, 0.1) is 0 Å². The highest BCUT2D eigenvalue weighted by Crippen LogP contribution is 2.40.